The molecule has 1 aliphatic heterocycles. The van der Waals surface area contributed by atoms with Gasteiger partial charge in [0.25, 0.3) is 5.91 Å². The molecular formula is C29H28FN3O2. The predicted octanol–water partition coefficient (Wildman–Crippen LogP) is 5.78. The number of amides is 1. The van der Waals surface area contributed by atoms with Crippen LogP contribution in [-0.4, -0.2) is 40.8 Å². The highest BCUT2D eigenvalue weighted by Crippen LogP contribution is 2.28. The summed E-state index contributed by atoms with van der Waals surface area (Å²) in [6.45, 7) is 1.42. The van der Waals surface area contributed by atoms with Crippen LogP contribution in [0.15, 0.2) is 84.9 Å². The number of hydrogen-bond acceptors (Lipinski definition) is 3. The molecular weight excluding hydrogens is 441 g/mol. The highest BCUT2D eigenvalue weighted by atomic mass is 19.1. The largest absolute Gasteiger partial charge is 0.497 e. The average Bonchev–Trinajstić information content (AvgIpc) is 3.35. The molecule has 5 rings (SSSR count). The zero-order valence-electron chi connectivity index (χ0n) is 19.7. The molecule has 0 unspecified atom stereocenters. The molecule has 4 aromatic rings. The van der Waals surface area contributed by atoms with Gasteiger partial charge in [-0.1, -0.05) is 42.5 Å². The second-order valence-corrected chi connectivity index (χ2v) is 8.96. The lowest BCUT2D eigenvalue weighted by molar-refractivity contribution is 0.0681. The lowest BCUT2D eigenvalue weighted by Gasteiger charge is -2.32. The zero-order chi connectivity index (χ0) is 24.2. The van der Waals surface area contributed by atoms with Crippen molar-refractivity contribution in [1.29, 1.82) is 0 Å². The number of carbonyl (C=O) groups excluding carboxylic acids is 1. The van der Waals surface area contributed by atoms with Crippen molar-refractivity contribution in [3.63, 3.8) is 0 Å². The van der Waals surface area contributed by atoms with Crippen LogP contribution < -0.4 is 4.74 Å². The van der Waals surface area contributed by atoms with Crippen molar-refractivity contribution in [1.82, 2.24) is 14.7 Å². The SMILES string of the molecule is COc1cccc(-c2cc(C(=O)N3CCC(Cc4ccccc4)CC3)n(-c3ccc(F)cc3)n2)c1. The van der Waals surface area contributed by atoms with Crippen molar-refractivity contribution in [2.75, 3.05) is 20.2 Å². The van der Waals surface area contributed by atoms with Gasteiger partial charge in [0.2, 0.25) is 0 Å². The second kappa shape index (κ2) is 10.1. The smallest absolute Gasteiger partial charge is 0.272 e. The quantitative estimate of drug-likeness (QED) is 0.360. The molecule has 0 bridgehead atoms. The maximum absolute atomic E-state index is 13.7. The van der Waals surface area contributed by atoms with E-state index in [9.17, 15) is 9.18 Å². The number of nitrogens with zero attached hydrogens (tertiary/aromatic N) is 3. The number of aromatic nitrogens is 2. The molecule has 35 heavy (non-hydrogen) atoms. The maximum Gasteiger partial charge on any atom is 0.272 e. The van der Waals surface area contributed by atoms with E-state index in [1.807, 2.05) is 41.3 Å². The normalized spacial score (nSPS) is 14.2. The topological polar surface area (TPSA) is 47.4 Å². The molecule has 0 aliphatic carbocycles. The van der Waals surface area contributed by atoms with Crippen molar-refractivity contribution in [2.24, 2.45) is 5.92 Å². The predicted molar refractivity (Wildman–Crippen MR) is 134 cm³/mol. The Bertz CT molecular complexity index is 1290. The van der Waals surface area contributed by atoms with Crippen LogP contribution in [0.3, 0.4) is 0 Å². The summed E-state index contributed by atoms with van der Waals surface area (Å²) in [5.41, 5.74) is 3.96. The number of ether oxygens (including phenoxy) is 1. The highest BCUT2D eigenvalue weighted by molar-refractivity contribution is 5.94. The number of methoxy groups -OCH3 is 1. The number of hydrogen-bond donors (Lipinski definition) is 0. The van der Waals surface area contributed by atoms with Crippen LogP contribution in [0.2, 0.25) is 0 Å². The first-order chi connectivity index (χ1) is 17.1. The van der Waals surface area contributed by atoms with Gasteiger partial charge in [-0.05, 0) is 73.2 Å². The van der Waals surface area contributed by atoms with Crippen LogP contribution in [0, 0.1) is 11.7 Å². The van der Waals surface area contributed by atoms with Gasteiger partial charge >= 0.3 is 0 Å². The summed E-state index contributed by atoms with van der Waals surface area (Å²) < 4.78 is 20.6. The van der Waals surface area contributed by atoms with Gasteiger partial charge in [-0.15, -0.1) is 0 Å². The van der Waals surface area contributed by atoms with E-state index in [1.54, 1.807) is 23.9 Å². The molecule has 0 saturated carbocycles. The van der Waals surface area contributed by atoms with Crippen molar-refractivity contribution in [3.8, 4) is 22.7 Å². The van der Waals surface area contributed by atoms with Crippen molar-refractivity contribution in [3.05, 3.63) is 102 Å². The van der Waals surface area contributed by atoms with Crippen LogP contribution in [0.4, 0.5) is 4.39 Å². The van der Waals surface area contributed by atoms with E-state index in [1.165, 1.54) is 17.7 Å². The molecule has 2 heterocycles. The third-order valence-corrected chi connectivity index (χ3v) is 6.63. The van der Waals surface area contributed by atoms with Crippen LogP contribution in [0.5, 0.6) is 5.75 Å². The summed E-state index contributed by atoms with van der Waals surface area (Å²) in [4.78, 5) is 15.6. The van der Waals surface area contributed by atoms with Crippen LogP contribution >= 0.6 is 0 Å². The standard InChI is InChI=1S/C29H28FN3O2/c1-35-26-9-5-8-23(19-26)27-20-28(33(31-27)25-12-10-24(30)11-13-25)29(34)32-16-14-22(15-17-32)18-21-6-3-2-4-7-21/h2-13,19-20,22H,14-18H2,1H3. The molecule has 3 aromatic carbocycles. The number of benzene rings is 3. The number of halogens is 1. The van der Waals surface area contributed by atoms with Gasteiger partial charge < -0.3 is 9.64 Å². The number of likely N-dealkylation sites (tertiary alicyclic amines) is 1. The summed E-state index contributed by atoms with van der Waals surface area (Å²) in [7, 11) is 1.62. The minimum absolute atomic E-state index is 0.0610. The monoisotopic (exact) mass is 469 g/mol. The van der Waals surface area contributed by atoms with E-state index in [-0.39, 0.29) is 11.7 Å². The fourth-order valence-electron chi connectivity index (χ4n) is 4.69. The van der Waals surface area contributed by atoms with Crippen LogP contribution in [0.25, 0.3) is 16.9 Å². The van der Waals surface area contributed by atoms with E-state index in [0.29, 0.717) is 41.8 Å². The molecule has 0 spiro atoms. The second-order valence-electron chi connectivity index (χ2n) is 8.96. The number of rotatable bonds is 6. The van der Waals surface area contributed by atoms with Crippen molar-refractivity contribution in [2.45, 2.75) is 19.3 Å². The molecule has 0 radical (unpaired) electrons. The number of piperidine rings is 1. The molecule has 0 N–H and O–H groups in total. The van der Waals surface area contributed by atoms with Crippen LogP contribution in [-0.2, 0) is 6.42 Å². The Morgan fingerprint density at radius 3 is 2.43 bits per heavy atom. The summed E-state index contributed by atoms with van der Waals surface area (Å²) in [5.74, 6) is 0.888. The fourth-order valence-corrected chi connectivity index (χ4v) is 4.69. The molecule has 6 heteroatoms. The van der Waals surface area contributed by atoms with Gasteiger partial charge in [-0.2, -0.15) is 5.10 Å². The van der Waals surface area contributed by atoms with E-state index in [4.69, 9.17) is 9.84 Å². The lowest BCUT2D eigenvalue weighted by Crippen LogP contribution is -2.39. The van der Waals surface area contributed by atoms with Gasteiger partial charge in [-0.25, -0.2) is 9.07 Å². The molecule has 1 aliphatic rings. The minimum atomic E-state index is -0.331. The fraction of sp³-hybridized carbons (Fsp3) is 0.241. The van der Waals surface area contributed by atoms with E-state index in [0.717, 1.165) is 24.8 Å². The first kappa shape index (κ1) is 22.8. The summed E-state index contributed by atoms with van der Waals surface area (Å²) in [6, 6.07) is 26.0. The molecule has 1 fully saturated rings. The minimum Gasteiger partial charge on any atom is -0.497 e. The van der Waals surface area contributed by atoms with E-state index in [2.05, 4.69) is 24.3 Å². The lowest BCUT2D eigenvalue weighted by atomic mass is 9.90. The first-order valence-electron chi connectivity index (χ1n) is 11.9. The summed E-state index contributed by atoms with van der Waals surface area (Å²) >= 11 is 0. The summed E-state index contributed by atoms with van der Waals surface area (Å²) in [6.07, 6.45) is 2.97. The first-order valence-corrected chi connectivity index (χ1v) is 11.9. The summed E-state index contributed by atoms with van der Waals surface area (Å²) in [5, 5.41) is 4.73. The number of carbonyl (C=O) groups is 1. The zero-order valence-corrected chi connectivity index (χ0v) is 19.7. The Hall–Kier alpha value is -3.93. The third kappa shape index (κ3) is 5.11. The Balaban J connectivity index is 1.40. The third-order valence-electron chi connectivity index (χ3n) is 6.63. The van der Waals surface area contributed by atoms with Crippen molar-refractivity contribution >= 4 is 5.91 Å². The van der Waals surface area contributed by atoms with Gasteiger partial charge in [0.05, 0.1) is 18.5 Å². The Kier molecular flexibility index (Phi) is 6.62. The Morgan fingerprint density at radius 2 is 1.71 bits per heavy atom. The van der Waals surface area contributed by atoms with Gasteiger partial charge in [-0.3, -0.25) is 4.79 Å². The molecule has 0 atom stereocenters. The molecule has 1 aromatic heterocycles. The van der Waals surface area contributed by atoms with E-state index < -0.39 is 0 Å². The Morgan fingerprint density at radius 1 is 0.971 bits per heavy atom. The maximum atomic E-state index is 13.7. The van der Waals surface area contributed by atoms with Gasteiger partial charge in [0.1, 0.15) is 17.3 Å². The molecule has 5 nitrogen and oxygen atoms in total. The molecule has 1 amide bonds. The Labute approximate surface area is 204 Å². The van der Waals surface area contributed by atoms with Crippen molar-refractivity contribution < 1.29 is 13.9 Å². The molecule has 1 saturated heterocycles. The van der Waals surface area contributed by atoms with Gasteiger partial charge in [0.15, 0.2) is 0 Å². The van der Waals surface area contributed by atoms with Gasteiger partial charge in [0, 0.05) is 18.7 Å². The molecule has 178 valence electrons. The average molecular weight is 470 g/mol. The van der Waals surface area contributed by atoms with E-state index >= 15 is 0 Å². The van der Waals surface area contributed by atoms with Crippen LogP contribution in [0.1, 0.15) is 28.9 Å². The highest BCUT2D eigenvalue weighted by Gasteiger charge is 2.27.